The van der Waals surface area contributed by atoms with Crippen LogP contribution in [-0.4, -0.2) is 11.0 Å². The van der Waals surface area contributed by atoms with Crippen LogP contribution in [0.5, 0.6) is 5.75 Å². The Labute approximate surface area is 114 Å². The van der Waals surface area contributed by atoms with Crippen molar-refractivity contribution in [2.45, 2.75) is 13.0 Å². The highest BCUT2D eigenvalue weighted by Gasteiger charge is 2.15. The van der Waals surface area contributed by atoms with Crippen molar-refractivity contribution < 1.29 is 9.90 Å². The average Bonchev–Trinajstić information content (AvgIpc) is 2.85. The molecule has 0 aliphatic heterocycles. The van der Waals surface area contributed by atoms with E-state index in [4.69, 9.17) is 11.6 Å². The summed E-state index contributed by atoms with van der Waals surface area (Å²) in [6, 6.07) is 8.18. The highest BCUT2D eigenvalue weighted by Crippen LogP contribution is 2.23. The Morgan fingerprint density at radius 3 is 2.89 bits per heavy atom. The van der Waals surface area contributed by atoms with Gasteiger partial charge < -0.3 is 10.4 Å². The first-order chi connectivity index (χ1) is 8.58. The lowest BCUT2D eigenvalue weighted by atomic mass is 10.1. The van der Waals surface area contributed by atoms with Crippen molar-refractivity contribution in [3.05, 3.63) is 51.2 Å². The van der Waals surface area contributed by atoms with Crippen LogP contribution in [0, 0.1) is 0 Å². The van der Waals surface area contributed by atoms with Crippen LogP contribution in [0.1, 0.15) is 28.2 Å². The predicted molar refractivity (Wildman–Crippen MR) is 73.3 cm³/mol. The van der Waals surface area contributed by atoms with Gasteiger partial charge in [-0.2, -0.15) is 0 Å². The number of carbonyl (C=O) groups is 1. The molecule has 1 aromatic carbocycles. The standard InChI is InChI=1S/C13H12ClNO2S/c1-8(12-3-2-6-18-12)15-13(17)10-7-9(14)4-5-11(10)16/h2-8,16H,1H3,(H,15,17)/t8-/m0/s1. The molecular formula is C13H12ClNO2S. The Morgan fingerprint density at radius 1 is 1.44 bits per heavy atom. The minimum absolute atomic E-state index is 0.0738. The molecule has 0 aliphatic carbocycles. The minimum Gasteiger partial charge on any atom is -0.507 e. The second-order valence-corrected chi connectivity index (χ2v) is 5.29. The summed E-state index contributed by atoms with van der Waals surface area (Å²) in [7, 11) is 0. The van der Waals surface area contributed by atoms with Gasteiger partial charge in [0.1, 0.15) is 5.75 Å². The smallest absolute Gasteiger partial charge is 0.255 e. The number of amides is 1. The minimum atomic E-state index is -0.337. The molecule has 94 valence electrons. The van der Waals surface area contributed by atoms with Crippen molar-refractivity contribution in [2.75, 3.05) is 0 Å². The van der Waals surface area contributed by atoms with E-state index in [9.17, 15) is 9.90 Å². The van der Waals surface area contributed by atoms with Gasteiger partial charge in [0.25, 0.3) is 5.91 Å². The molecule has 0 bridgehead atoms. The molecular weight excluding hydrogens is 270 g/mol. The summed E-state index contributed by atoms with van der Waals surface area (Å²) in [4.78, 5) is 13.1. The lowest BCUT2D eigenvalue weighted by Gasteiger charge is -2.13. The fourth-order valence-electron chi connectivity index (χ4n) is 1.57. The molecule has 2 aromatic rings. The van der Waals surface area contributed by atoms with Crippen LogP contribution in [0.2, 0.25) is 5.02 Å². The largest absolute Gasteiger partial charge is 0.507 e. The number of phenolic OH excluding ortho intramolecular Hbond substituents is 1. The van der Waals surface area contributed by atoms with Gasteiger partial charge >= 0.3 is 0 Å². The summed E-state index contributed by atoms with van der Waals surface area (Å²) in [5.41, 5.74) is 0.186. The number of hydrogen-bond acceptors (Lipinski definition) is 3. The van der Waals surface area contributed by atoms with Crippen molar-refractivity contribution in [3.8, 4) is 5.75 Å². The van der Waals surface area contributed by atoms with Gasteiger partial charge in [0.05, 0.1) is 11.6 Å². The van der Waals surface area contributed by atoms with E-state index in [0.717, 1.165) is 4.88 Å². The molecule has 1 atom stereocenters. The van der Waals surface area contributed by atoms with E-state index in [-0.39, 0.29) is 23.3 Å². The van der Waals surface area contributed by atoms with Gasteiger partial charge in [-0.25, -0.2) is 0 Å². The van der Waals surface area contributed by atoms with Crippen LogP contribution in [0.15, 0.2) is 35.7 Å². The van der Waals surface area contributed by atoms with E-state index >= 15 is 0 Å². The predicted octanol–water partition coefficient (Wildman–Crippen LogP) is 3.60. The molecule has 2 N–H and O–H groups in total. The van der Waals surface area contributed by atoms with E-state index in [2.05, 4.69) is 5.32 Å². The zero-order valence-electron chi connectivity index (χ0n) is 9.68. The Balaban J connectivity index is 2.15. The van der Waals surface area contributed by atoms with Gasteiger partial charge in [0.15, 0.2) is 0 Å². The van der Waals surface area contributed by atoms with Gasteiger partial charge in [0.2, 0.25) is 0 Å². The maximum absolute atomic E-state index is 12.0. The SMILES string of the molecule is C[C@H](NC(=O)c1cc(Cl)ccc1O)c1cccs1. The Kier molecular flexibility index (Phi) is 3.89. The molecule has 18 heavy (non-hydrogen) atoms. The maximum atomic E-state index is 12.0. The molecule has 0 radical (unpaired) electrons. The lowest BCUT2D eigenvalue weighted by Crippen LogP contribution is -2.26. The number of nitrogens with one attached hydrogen (secondary N) is 1. The number of carbonyl (C=O) groups excluding carboxylic acids is 1. The molecule has 5 heteroatoms. The van der Waals surface area contributed by atoms with E-state index in [1.54, 1.807) is 11.3 Å². The fourth-order valence-corrected chi connectivity index (χ4v) is 2.48. The number of aromatic hydroxyl groups is 1. The molecule has 2 rings (SSSR count). The summed E-state index contributed by atoms with van der Waals surface area (Å²) >= 11 is 7.38. The van der Waals surface area contributed by atoms with Crippen molar-refractivity contribution in [1.82, 2.24) is 5.32 Å². The summed E-state index contributed by atoms with van der Waals surface area (Å²) in [5.74, 6) is -0.411. The van der Waals surface area contributed by atoms with Gasteiger partial charge in [-0.1, -0.05) is 17.7 Å². The van der Waals surface area contributed by atoms with Crippen LogP contribution in [-0.2, 0) is 0 Å². The van der Waals surface area contributed by atoms with Crippen LogP contribution >= 0.6 is 22.9 Å². The Bertz CT molecular complexity index is 554. The zero-order chi connectivity index (χ0) is 13.1. The quantitative estimate of drug-likeness (QED) is 0.903. The van der Waals surface area contributed by atoms with Crippen LogP contribution in [0.25, 0.3) is 0 Å². The van der Waals surface area contributed by atoms with Gasteiger partial charge in [-0.15, -0.1) is 11.3 Å². The van der Waals surface area contributed by atoms with Gasteiger partial charge in [0, 0.05) is 9.90 Å². The summed E-state index contributed by atoms with van der Waals surface area (Å²) in [6.45, 7) is 1.89. The van der Waals surface area contributed by atoms with Crippen LogP contribution < -0.4 is 5.32 Å². The summed E-state index contributed by atoms with van der Waals surface area (Å²) < 4.78 is 0. The molecule has 0 fully saturated rings. The molecule has 1 aromatic heterocycles. The lowest BCUT2D eigenvalue weighted by molar-refractivity contribution is 0.0938. The molecule has 1 heterocycles. The van der Waals surface area contributed by atoms with Crippen molar-refractivity contribution in [1.29, 1.82) is 0 Å². The fraction of sp³-hybridized carbons (Fsp3) is 0.154. The van der Waals surface area contributed by atoms with Gasteiger partial charge in [-0.3, -0.25) is 4.79 Å². The topological polar surface area (TPSA) is 49.3 Å². The highest BCUT2D eigenvalue weighted by molar-refractivity contribution is 7.10. The summed E-state index contributed by atoms with van der Waals surface area (Å²) in [5, 5.41) is 14.8. The first-order valence-corrected chi connectivity index (χ1v) is 6.66. The van der Waals surface area contributed by atoms with Crippen LogP contribution in [0.3, 0.4) is 0 Å². The molecule has 0 aliphatic rings. The van der Waals surface area contributed by atoms with E-state index in [1.807, 2.05) is 24.4 Å². The number of thiophene rings is 1. The zero-order valence-corrected chi connectivity index (χ0v) is 11.3. The van der Waals surface area contributed by atoms with Crippen LogP contribution in [0.4, 0.5) is 0 Å². The van der Waals surface area contributed by atoms with E-state index in [1.165, 1.54) is 18.2 Å². The molecule has 0 saturated carbocycles. The molecule has 0 unspecified atom stereocenters. The average molecular weight is 282 g/mol. The first-order valence-electron chi connectivity index (χ1n) is 5.40. The Hall–Kier alpha value is -1.52. The molecule has 0 spiro atoms. The summed E-state index contributed by atoms with van der Waals surface area (Å²) in [6.07, 6.45) is 0. The number of rotatable bonds is 3. The monoisotopic (exact) mass is 281 g/mol. The molecule has 1 amide bonds. The number of phenols is 1. The molecule has 3 nitrogen and oxygen atoms in total. The third-order valence-electron chi connectivity index (χ3n) is 2.52. The first kappa shape index (κ1) is 12.9. The molecule has 0 saturated heterocycles. The number of benzene rings is 1. The van der Waals surface area contributed by atoms with Crippen molar-refractivity contribution >= 4 is 28.8 Å². The second-order valence-electron chi connectivity index (χ2n) is 3.87. The van der Waals surface area contributed by atoms with E-state index < -0.39 is 0 Å². The maximum Gasteiger partial charge on any atom is 0.255 e. The van der Waals surface area contributed by atoms with E-state index in [0.29, 0.717) is 5.02 Å². The van der Waals surface area contributed by atoms with Gasteiger partial charge in [-0.05, 0) is 36.6 Å². The van der Waals surface area contributed by atoms with Crippen molar-refractivity contribution in [3.63, 3.8) is 0 Å². The number of halogens is 1. The third-order valence-corrected chi connectivity index (χ3v) is 3.81. The second kappa shape index (κ2) is 5.42. The van der Waals surface area contributed by atoms with Crippen molar-refractivity contribution in [2.24, 2.45) is 0 Å². The normalized spacial score (nSPS) is 12.1. The Morgan fingerprint density at radius 2 is 2.22 bits per heavy atom. The third kappa shape index (κ3) is 2.83. The highest BCUT2D eigenvalue weighted by atomic mass is 35.5. The number of hydrogen-bond donors (Lipinski definition) is 2.